The molecule has 0 spiro atoms. The minimum Gasteiger partial charge on any atom is -0.408 e. The van der Waals surface area contributed by atoms with Crippen LogP contribution in [0.15, 0.2) is 34.7 Å². The van der Waals surface area contributed by atoms with Gasteiger partial charge < -0.3 is 14.1 Å². The predicted molar refractivity (Wildman–Crippen MR) is 94.2 cm³/mol. The van der Waals surface area contributed by atoms with E-state index in [2.05, 4.69) is 41.1 Å². The number of benzene rings is 1. The summed E-state index contributed by atoms with van der Waals surface area (Å²) in [4.78, 5) is 2.17. The molecule has 0 amide bonds. The Kier molecular flexibility index (Phi) is 5.86. The molecule has 1 fully saturated rings. The Labute approximate surface area is 144 Å². The Morgan fingerprint density at radius 2 is 1.92 bits per heavy atom. The van der Waals surface area contributed by atoms with Gasteiger partial charge in [0.15, 0.2) is 0 Å². The maximum atomic E-state index is 5.97. The highest BCUT2D eigenvalue weighted by molar-refractivity contribution is 5.26. The molecule has 130 valence electrons. The van der Waals surface area contributed by atoms with Gasteiger partial charge >= 0.3 is 6.01 Å². The van der Waals surface area contributed by atoms with Crippen LogP contribution in [0.3, 0.4) is 0 Å². The van der Waals surface area contributed by atoms with Crippen molar-refractivity contribution < 1.29 is 9.15 Å². The topological polar surface area (TPSA) is 51.4 Å². The van der Waals surface area contributed by atoms with E-state index in [-0.39, 0.29) is 0 Å². The summed E-state index contributed by atoms with van der Waals surface area (Å²) in [5.74, 6) is 1.37. The molecule has 3 rings (SSSR count). The second kappa shape index (κ2) is 8.29. The fourth-order valence-electron chi connectivity index (χ4n) is 2.90. The highest BCUT2D eigenvalue weighted by Gasteiger charge is 2.23. The number of aromatic nitrogens is 2. The minimum absolute atomic E-state index is 0.367. The molecule has 1 aromatic carbocycles. The van der Waals surface area contributed by atoms with Crippen molar-refractivity contribution >= 4 is 6.01 Å². The van der Waals surface area contributed by atoms with E-state index >= 15 is 0 Å². The lowest BCUT2D eigenvalue weighted by Gasteiger charge is -2.30. The Hall–Kier alpha value is -1.88. The predicted octanol–water partition coefficient (Wildman–Crippen LogP) is 3.69. The molecule has 0 bridgehead atoms. The molecule has 0 atom stereocenters. The lowest BCUT2D eigenvalue weighted by Crippen LogP contribution is -2.37. The Bertz CT molecular complexity index is 604. The molecule has 0 saturated carbocycles. The van der Waals surface area contributed by atoms with E-state index < -0.39 is 0 Å². The van der Waals surface area contributed by atoms with Gasteiger partial charge in [0.05, 0.1) is 12.5 Å². The zero-order valence-corrected chi connectivity index (χ0v) is 14.6. The first-order valence-electron chi connectivity index (χ1n) is 8.93. The van der Waals surface area contributed by atoms with Crippen molar-refractivity contribution in [1.82, 2.24) is 10.2 Å². The molecule has 5 nitrogen and oxygen atoms in total. The first-order valence-corrected chi connectivity index (χ1v) is 8.93. The lowest BCUT2D eigenvalue weighted by molar-refractivity contribution is 0.0306. The van der Waals surface area contributed by atoms with Crippen LogP contribution >= 0.6 is 0 Å². The summed E-state index contributed by atoms with van der Waals surface area (Å²) in [5, 5.41) is 8.40. The average molecular weight is 329 g/mol. The fraction of sp³-hybridized carbons (Fsp3) is 0.579. The summed E-state index contributed by atoms with van der Waals surface area (Å²) in [6.45, 7) is 7.16. The monoisotopic (exact) mass is 329 g/mol. The van der Waals surface area contributed by atoms with Gasteiger partial charge in [-0.1, -0.05) is 49.3 Å². The molecule has 1 aliphatic heterocycles. The number of hydrogen-bond donors (Lipinski definition) is 0. The van der Waals surface area contributed by atoms with E-state index in [0.717, 1.165) is 39.0 Å². The molecule has 0 N–H and O–H groups in total. The van der Waals surface area contributed by atoms with Crippen molar-refractivity contribution in [2.24, 2.45) is 5.92 Å². The zero-order valence-electron chi connectivity index (χ0n) is 14.6. The van der Waals surface area contributed by atoms with Gasteiger partial charge in [0, 0.05) is 19.7 Å². The fourth-order valence-corrected chi connectivity index (χ4v) is 2.90. The molecule has 1 saturated heterocycles. The Balaban J connectivity index is 1.47. The van der Waals surface area contributed by atoms with Crippen molar-refractivity contribution in [3.8, 4) is 0 Å². The van der Waals surface area contributed by atoms with E-state index in [0.29, 0.717) is 30.3 Å². The molecular weight excluding hydrogens is 302 g/mol. The van der Waals surface area contributed by atoms with Crippen LogP contribution in [0.1, 0.15) is 44.6 Å². The molecule has 2 aromatic rings. The van der Waals surface area contributed by atoms with Crippen LogP contribution in [0.25, 0.3) is 0 Å². The number of piperidine rings is 1. The quantitative estimate of drug-likeness (QED) is 0.775. The summed E-state index contributed by atoms with van der Waals surface area (Å²) < 4.78 is 11.8. The van der Waals surface area contributed by atoms with Crippen LogP contribution in [0.4, 0.5) is 6.01 Å². The maximum absolute atomic E-state index is 5.97. The summed E-state index contributed by atoms with van der Waals surface area (Å²) in [7, 11) is 0. The van der Waals surface area contributed by atoms with Crippen molar-refractivity contribution in [3.05, 3.63) is 41.8 Å². The summed E-state index contributed by atoms with van der Waals surface area (Å²) in [5.41, 5.74) is 1.19. The van der Waals surface area contributed by atoms with Gasteiger partial charge in [-0.25, -0.2) is 0 Å². The van der Waals surface area contributed by atoms with Gasteiger partial charge in [-0.05, 0) is 30.7 Å². The zero-order chi connectivity index (χ0) is 16.8. The number of rotatable bonds is 7. The largest absolute Gasteiger partial charge is 0.408 e. The molecule has 2 heterocycles. The number of ether oxygens (including phenoxy) is 1. The summed E-state index contributed by atoms with van der Waals surface area (Å²) >= 11 is 0. The lowest BCUT2D eigenvalue weighted by atomic mass is 10.1. The Morgan fingerprint density at radius 1 is 1.17 bits per heavy atom. The van der Waals surface area contributed by atoms with Crippen molar-refractivity contribution in [2.45, 2.75) is 45.6 Å². The number of hydrogen-bond acceptors (Lipinski definition) is 5. The van der Waals surface area contributed by atoms with E-state index in [1.807, 2.05) is 18.2 Å². The molecule has 1 aromatic heterocycles. The van der Waals surface area contributed by atoms with Gasteiger partial charge in [0.2, 0.25) is 5.89 Å². The second-order valence-corrected chi connectivity index (χ2v) is 6.88. The molecule has 1 aliphatic rings. The first kappa shape index (κ1) is 17.0. The van der Waals surface area contributed by atoms with Crippen LogP contribution in [0.5, 0.6) is 0 Å². The molecule has 5 heteroatoms. The third kappa shape index (κ3) is 4.81. The van der Waals surface area contributed by atoms with Crippen LogP contribution in [0.2, 0.25) is 0 Å². The first-order chi connectivity index (χ1) is 11.7. The number of nitrogens with zero attached hydrogens (tertiary/aromatic N) is 3. The van der Waals surface area contributed by atoms with Gasteiger partial charge in [-0.2, -0.15) is 0 Å². The maximum Gasteiger partial charge on any atom is 0.318 e. The van der Waals surface area contributed by atoms with Crippen molar-refractivity contribution in [2.75, 3.05) is 24.6 Å². The van der Waals surface area contributed by atoms with Crippen LogP contribution in [-0.4, -0.2) is 36.0 Å². The second-order valence-electron chi connectivity index (χ2n) is 6.88. The SMILES string of the molecule is CC(C)CCOC1CCN(c2nnc(Cc3ccccc3)o2)CC1. The highest BCUT2D eigenvalue weighted by Crippen LogP contribution is 2.21. The number of anilines is 1. The third-order valence-corrected chi connectivity index (χ3v) is 4.42. The summed E-state index contributed by atoms with van der Waals surface area (Å²) in [6.07, 6.45) is 4.23. The van der Waals surface area contributed by atoms with E-state index in [9.17, 15) is 0 Å². The van der Waals surface area contributed by atoms with Crippen molar-refractivity contribution in [1.29, 1.82) is 0 Å². The normalized spacial score (nSPS) is 16.0. The van der Waals surface area contributed by atoms with Gasteiger partial charge in [-0.15, -0.1) is 5.10 Å². The molecule has 0 aliphatic carbocycles. The molecular formula is C19H27N3O2. The van der Waals surface area contributed by atoms with Crippen LogP contribution in [-0.2, 0) is 11.2 Å². The summed E-state index contributed by atoms with van der Waals surface area (Å²) in [6, 6.07) is 10.8. The minimum atomic E-state index is 0.367. The van der Waals surface area contributed by atoms with Gasteiger partial charge in [0.25, 0.3) is 0 Å². The Morgan fingerprint density at radius 3 is 2.62 bits per heavy atom. The standard InChI is InChI=1S/C19H27N3O2/c1-15(2)10-13-23-17-8-11-22(12-9-17)19-21-20-18(24-19)14-16-6-4-3-5-7-16/h3-7,15,17H,8-14H2,1-2H3. The van der Waals surface area contributed by atoms with Crippen molar-refractivity contribution in [3.63, 3.8) is 0 Å². The van der Waals surface area contributed by atoms with E-state index in [1.165, 1.54) is 5.56 Å². The molecule has 24 heavy (non-hydrogen) atoms. The smallest absolute Gasteiger partial charge is 0.318 e. The van der Waals surface area contributed by atoms with Gasteiger partial charge in [0.1, 0.15) is 0 Å². The molecule has 0 radical (unpaired) electrons. The van der Waals surface area contributed by atoms with Gasteiger partial charge in [-0.3, -0.25) is 0 Å². The van der Waals surface area contributed by atoms with E-state index in [1.54, 1.807) is 0 Å². The molecule has 0 unspecified atom stereocenters. The highest BCUT2D eigenvalue weighted by atomic mass is 16.5. The van der Waals surface area contributed by atoms with E-state index in [4.69, 9.17) is 9.15 Å². The third-order valence-electron chi connectivity index (χ3n) is 4.42. The van der Waals surface area contributed by atoms with Crippen LogP contribution in [0, 0.1) is 5.92 Å². The average Bonchev–Trinajstić information content (AvgIpc) is 3.04. The van der Waals surface area contributed by atoms with Crippen LogP contribution < -0.4 is 4.90 Å².